The largest absolute Gasteiger partial charge is 0.338 e. The molecule has 0 aliphatic carbocycles. The second-order valence-corrected chi connectivity index (χ2v) is 4.44. The Kier molecular flexibility index (Phi) is 3.25. The van der Waals surface area contributed by atoms with Gasteiger partial charge in [0.05, 0.1) is 0 Å². The van der Waals surface area contributed by atoms with Crippen molar-refractivity contribution in [3.05, 3.63) is 34.9 Å². The predicted molar refractivity (Wildman–Crippen MR) is 61.0 cm³/mol. The number of hydrogen-bond donors (Lipinski definition) is 0. The molecule has 16 heavy (non-hydrogen) atoms. The highest BCUT2D eigenvalue weighted by Gasteiger charge is 2.28. The maximum Gasteiger partial charge on any atom is 0.223 e. The second kappa shape index (κ2) is 4.66. The predicted octanol–water partition coefficient (Wildman–Crippen LogP) is 1.89. The van der Waals surface area contributed by atoms with E-state index in [1.165, 1.54) is 0 Å². The lowest BCUT2D eigenvalue weighted by molar-refractivity contribution is -0.128. The van der Waals surface area contributed by atoms with Crippen molar-refractivity contribution in [3.63, 3.8) is 0 Å². The number of amides is 1. The lowest BCUT2D eigenvalue weighted by atomic mass is 10.1. The van der Waals surface area contributed by atoms with Crippen LogP contribution in [-0.2, 0) is 16.1 Å². The minimum absolute atomic E-state index is 0.0482. The van der Waals surface area contributed by atoms with E-state index in [-0.39, 0.29) is 11.8 Å². The zero-order chi connectivity index (χ0) is 11.5. The fraction of sp³-hybridized carbons (Fsp3) is 0.333. The standard InChI is InChI=1S/C12H12ClNO2/c13-11-3-1-9(2-4-11)6-14-7-10(8-15)5-12(14)16/h1-4,8,10H,5-7H2/t10-/m0/s1. The van der Waals surface area contributed by atoms with Crippen LogP contribution in [0.3, 0.4) is 0 Å². The second-order valence-electron chi connectivity index (χ2n) is 4.00. The van der Waals surface area contributed by atoms with Crippen molar-refractivity contribution in [1.29, 1.82) is 0 Å². The molecule has 1 aromatic carbocycles. The van der Waals surface area contributed by atoms with Gasteiger partial charge < -0.3 is 9.69 Å². The summed E-state index contributed by atoms with van der Waals surface area (Å²) >= 11 is 5.78. The van der Waals surface area contributed by atoms with Crippen LogP contribution in [0.5, 0.6) is 0 Å². The van der Waals surface area contributed by atoms with Crippen LogP contribution in [0.15, 0.2) is 24.3 Å². The number of carbonyl (C=O) groups is 2. The molecule has 0 aromatic heterocycles. The minimum atomic E-state index is -0.139. The lowest BCUT2D eigenvalue weighted by Crippen LogP contribution is -2.24. The van der Waals surface area contributed by atoms with E-state index in [9.17, 15) is 9.59 Å². The summed E-state index contributed by atoms with van der Waals surface area (Å²) in [7, 11) is 0. The number of hydrogen-bond acceptors (Lipinski definition) is 2. The van der Waals surface area contributed by atoms with E-state index in [1.54, 1.807) is 17.0 Å². The molecule has 1 heterocycles. The van der Waals surface area contributed by atoms with Gasteiger partial charge in [-0.2, -0.15) is 0 Å². The summed E-state index contributed by atoms with van der Waals surface area (Å²) in [5.41, 5.74) is 1.03. The highest BCUT2D eigenvalue weighted by atomic mass is 35.5. The Morgan fingerprint density at radius 2 is 2.06 bits per heavy atom. The molecule has 0 spiro atoms. The molecule has 0 unspecified atom stereocenters. The molecule has 1 amide bonds. The van der Waals surface area contributed by atoms with Crippen molar-refractivity contribution in [2.24, 2.45) is 5.92 Å². The molecule has 0 bridgehead atoms. The molecule has 84 valence electrons. The summed E-state index contributed by atoms with van der Waals surface area (Å²) in [6.07, 6.45) is 1.21. The molecule has 1 aliphatic heterocycles. The molecule has 0 radical (unpaired) electrons. The van der Waals surface area contributed by atoms with Crippen LogP contribution < -0.4 is 0 Å². The van der Waals surface area contributed by atoms with Gasteiger partial charge in [0.2, 0.25) is 5.91 Å². The van der Waals surface area contributed by atoms with E-state index in [2.05, 4.69) is 0 Å². The molecule has 0 saturated carbocycles. The number of benzene rings is 1. The van der Waals surface area contributed by atoms with Crippen molar-refractivity contribution in [1.82, 2.24) is 4.90 Å². The third-order valence-corrected chi connectivity index (χ3v) is 2.98. The number of carbonyl (C=O) groups excluding carboxylic acids is 2. The summed E-state index contributed by atoms with van der Waals surface area (Å²) in [6, 6.07) is 7.39. The van der Waals surface area contributed by atoms with Gasteiger partial charge in [-0.1, -0.05) is 23.7 Å². The molecular formula is C12H12ClNO2. The Hall–Kier alpha value is -1.35. The summed E-state index contributed by atoms with van der Waals surface area (Å²) in [4.78, 5) is 23.9. The Morgan fingerprint density at radius 1 is 1.38 bits per heavy atom. The van der Waals surface area contributed by atoms with Crippen LogP contribution in [0.25, 0.3) is 0 Å². The van der Waals surface area contributed by atoms with Crippen molar-refractivity contribution in [2.45, 2.75) is 13.0 Å². The molecule has 1 aliphatic rings. The van der Waals surface area contributed by atoms with E-state index in [0.29, 0.717) is 24.5 Å². The van der Waals surface area contributed by atoms with E-state index in [0.717, 1.165) is 11.8 Å². The van der Waals surface area contributed by atoms with Gasteiger partial charge in [-0.05, 0) is 17.7 Å². The summed E-state index contributed by atoms with van der Waals surface area (Å²) < 4.78 is 0. The monoisotopic (exact) mass is 237 g/mol. The van der Waals surface area contributed by atoms with E-state index >= 15 is 0 Å². The maximum absolute atomic E-state index is 11.6. The molecule has 3 nitrogen and oxygen atoms in total. The molecule has 1 saturated heterocycles. The molecule has 1 fully saturated rings. The van der Waals surface area contributed by atoms with Gasteiger partial charge >= 0.3 is 0 Å². The van der Waals surface area contributed by atoms with Gasteiger partial charge in [-0.15, -0.1) is 0 Å². The van der Waals surface area contributed by atoms with Crippen molar-refractivity contribution >= 4 is 23.8 Å². The first-order chi connectivity index (χ1) is 7.69. The number of likely N-dealkylation sites (tertiary alicyclic amines) is 1. The zero-order valence-electron chi connectivity index (χ0n) is 8.73. The van der Waals surface area contributed by atoms with Crippen LogP contribution in [0, 0.1) is 5.92 Å². The molecule has 0 N–H and O–H groups in total. The first-order valence-corrected chi connectivity index (χ1v) is 5.54. The Morgan fingerprint density at radius 3 is 2.62 bits per heavy atom. The van der Waals surface area contributed by atoms with E-state index in [4.69, 9.17) is 11.6 Å². The van der Waals surface area contributed by atoms with Gasteiger partial charge in [0.1, 0.15) is 6.29 Å². The van der Waals surface area contributed by atoms with Crippen LogP contribution in [0.2, 0.25) is 5.02 Å². The normalized spacial score (nSPS) is 20.2. The van der Waals surface area contributed by atoms with E-state index < -0.39 is 0 Å². The van der Waals surface area contributed by atoms with Gasteiger partial charge in [0.15, 0.2) is 0 Å². The van der Waals surface area contributed by atoms with Gasteiger partial charge in [0, 0.05) is 30.5 Å². The number of aldehydes is 1. The van der Waals surface area contributed by atoms with Crippen LogP contribution in [0.4, 0.5) is 0 Å². The topological polar surface area (TPSA) is 37.4 Å². The smallest absolute Gasteiger partial charge is 0.223 e. The zero-order valence-corrected chi connectivity index (χ0v) is 9.48. The number of rotatable bonds is 3. The third kappa shape index (κ3) is 2.42. The summed E-state index contributed by atoms with van der Waals surface area (Å²) in [5.74, 6) is -0.0909. The van der Waals surface area contributed by atoms with Crippen LogP contribution in [0.1, 0.15) is 12.0 Å². The maximum atomic E-state index is 11.6. The molecule has 2 rings (SSSR count). The number of halogens is 1. The van der Waals surface area contributed by atoms with Crippen molar-refractivity contribution in [3.8, 4) is 0 Å². The summed E-state index contributed by atoms with van der Waals surface area (Å²) in [6.45, 7) is 1.09. The highest BCUT2D eigenvalue weighted by Crippen LogP contribution is 2.19. The minimum Gasteiger partial charge on any atom is -0.338 e. The Labute approximate surface area is 99.0 Å². The fourth-order valence-corrected chi connectivity index (χ4v) is 1.98. The molecule has 1 aromatic rings. The first-order valence-electron chi connectivity index (χ1n) is 5.16. The SMILES string of the molecule is O=C[C@H]1CC(=O)N(Cc2ccc(Cl)cc2)C1. The fourth-order valence-electron chi connectivity index (χ4n) is 1.86. The lowest BCUT2D eigenvalue weighted by Gasteiger charge is -2.15. The van der Waals surface area contributed by atoms with E-state index in [1.807, 2.05) is 12.1 Å². The third-order valence-electron chi connectivity index (χ3n) is 2.72. The average Bonchev–Trinajstić information content (AvgIpc) is 2.63. The summed E-state index contributed by atoms with van der Waals surface area (Å²) in [5, 5.41) is 0.683. The van der Waals surface area contributed by atoms with Crippen LogP contribution >= 0.6 is 11.6 Å². The highest BCUT2D eigenvalue weighted by molar-refractivity contribution is 6.30. The quantitative estimate of drug-likeness (QED) is 0.753. The molecule has 4 heteroatoms. The van der Waals surface area contributed by atoms with Crippen molar-refractivity contribution < 1.29 is 9.59 Å². The molecule has 1 atom stereocenters. The molecular weight excluding hydrogens is 226 g/mol. The number of nitrogens with zero attached hydrogens (tertiary/aromatic N) is 1. The average molecular weight is 238 g/mol. The van der Waals surface area contributed by atoms with Crippen molar-refractivity contribution in [2.75, 3.05) is 6.54 Å². The van der Waals surface area contributed by atoms with Gasteiger partial charge in [0.25, 0.3) is 0 Å². The Balaban J connectivity index is 2.02. The van der Waals surface area contributed by atoms with Crippen LogP contribution in [-0.4, -0.2) is 23.6 Å². The first kappa shape index (κ1) is 11.1. The van der Waals surface area contributed by atoms with Gasteiger partial charge in [-0.3, -0.25) is 4.79 Å². The Bertz CT molecular complexity index is 402. The van der Waals surface area contributed by atoms with Gasteiger partial charge in [-0.25, -0.2) is 0 Å².